The Balaban J connectivity index is 2.11. The Morgan fingerprint density at radius 1 is 1.25 bits per heavy atom. The molecule has 28 heavy (non-hydrogen) atoms. The fourth-order valence-corrected chi connectivity index (χ4v) is 5.03. The highest BCUT2D eigenvalue weighted by molar-refractivity contribution is 7.98. The van der Waals surface area contributed by atoms with Crippen molar-refractivity contribution in [2.24, 2.45) is 11.8 Å². The minimum absolute atomic E-state index is 0.212. The van der Waals surface area contributed by atoms with Crippen molar-refractivity contribution in [3.05, 3.63) is 34.9 Å². The molecule has 3 rings (SSSR count). The summed E-state index contributed by atoms with van der Waals surface area (Å²) < 4.78 is 5.38. The summed E-state index contributed by atoms with van der Waals surface area (Å²) in [5.74, 6) is -1.74. The van der Waals surface area contributed by atoms with Gasteiger partial charge in [-0.3, -0.25) is 24.6 Å². The smallest absolute Gasteiger partial charge is 0.327 e. The molecule has 2 aliphatic rings. The normalized spacial score (nSPS) is 29.3. The Bertz CT molecular complexity index is 772. The van der Waals surface area contributed by atoms with Crippen LogP contribution in [0.3, 0.4) is 0 Å². The van der Waals surface area contributed by atoms with E-state index in [9.17, 15) is 14.4 Å². The molecule has 0 aromatic heterocycles. The first-order valence-corrected chi connectivity index (χ1v) is 11.2. The number of ether oxygens (including phenoxy) is 1. The van der Waals surface area contributed by atoms with Crippen molar-refractivity contribution in [2.75, 3.05) is 25.2 Å². The lowest BCUT2D eigenvalue weighted by molar-refractivity contribution is -0.156. The van der Waals surface area contributed by atoms with E-state index in [0.29, 0.717) is 23.7 Å². The minimum Gasteiger partial charge on any atom is -0.465 e. The monoisotopic (exact) mass is 424 g/mol. The molecular formula is C20H25ClN2O4S. The van der Waals surface area contributed by atoms with Gasteiger partial charge in [0.2, 0.25) is 11.8 Å². The highest BCUT2D eigenvalue weighted by Crippen LogP contribution is 2.50. The van der Waals surface area contributed by atoms with E-state index in [1.807, 2.05) is 18.4 Å². The largest absolute Gasteiger partial charge is 0.465 e. The van der Waals surface area contributed by atoms with Crippen LogP contribution in [0.4, 0.5) is 0 Å². The zero-order chi connectivity index (χ0) is 20.5. The van der Waals surface area contributed by atoms with Gasteiger partial charge in [-0.1, -0.05) is 23.7 Å². The number of nitrogens with zero attached hydrogens (tertiary/aromatic N) is 1. The van der Waals surface area contributed by atoms with Crippen molar-refractivity contribution in [3.8, 4) is 0 Å². The van der Waals surface area contributed by atoms with Gasteiger partial charge in [0.25, 0.3) is 0 Å². The number of hydrogen-bond acceptors (Lipinski definition) is 6. The van der Waals surface area contributed by atoms with Gasteiger partial charge in [0, 0.05) is 17.6 Å². The molecule has 2 aliphatic heterocycles. The second kappa shape index (κ2) is 8.43. The van der Waals surface area contributed by atoms with Crippen LogP contribution in [-0.2, 0) is 19.1 Å². The molecule has 0 spiro atoms. The van der Waals surface area contributed by atoms with Crippen molar-refractivity contribution >= 4 is 41.1 Å². The topological polar surface area (TPSA) is 75.7 Å². The van der Waals surface area contributed by atoms with Gasteiger partial charge in [0.1, 0.15) is 5.54 Å². The van der Waals surface area contributed by atoms with Gasteiger partial charge < -0.3 is 4.74 Å². The number of benzene rings is 1. The zero-order valence-electron chi connectivity index (χ0n) is 16.2. The van der Waals surface area contributed by atoms with E-state index < -0.39 is 29.4 Å². The highest BCUT2D eigenvalue weighted by atomic mass is 35.5. The van der Waals surface area contributed by atoms with Crippen LogP contribution in [0.2, 0.25) is 5.02 Å². The zero-order valence-corrected chi connectivity index (χ0v) is 17.8. The molecule has 1 N–H and O–H groups in total. The first kappa shape index (κ1) is 21.1. The molecule has 2 saturated heterocycles. The fourth-order valence-electron chi connectivity index (χ4n) is 4.37. The molecule has 1 aromatic carbocycles. The second-order valence-corrected chi connectivity index (χ2v) is 8.45. The number of likely N-dealkylation sites (tertiary alicyclic amines) is 1. The van der Waals surface area contributed by atoms with E-state index in [-0.39, 0.29) is 18.4 Å². The lowest BCUT2D eigenvalue weighted by Gasteiger charge is -2.32. The lowest BCUT2D eigenvalue weighted by atomic mass is 9.78. The summed E-state index contributed by atoms with van der Waals surface area (Å²) in [5, 5.41) is 3.95. The van der Waals surface area contributed by atoms with E-state index in [4.69, 9.17) is 16.3 Å². The maximum atomic E-state index is 13.2. The second-order valence-electron chi connectivity index (χ2n) is 7.03. The van der Waals surface area contributed by atoms with Crippen LogP contribution in [0.15, 0.2) is 24.3 Å². The maximum absolute atomic E-state index is 13.2. The summed E-state index contributed by atoms with van der Waals surface area (Å²) in [7, 11) is 0. The fraction of sp³-hybridized carbons (Fsp3) is 0.550. The van der Waals surface area contributed by atoms with Crippen LogP contribution in [0.25, 0.3) is 0 Å². The quantitative estimate of drug-likeness (QED) is 0.535. The van der Waals surface area contributed by atoms with Gasteiger partial charge >= 0.3 is 5.97 Å². The number of rotatable bonds is 7. The molecule has 8 heteroatoms. The number of imide groups is 1. The third-order valence-electron chi connectivity index (χ3n) is 5.63. The number of hydrogen-bond donors (Lipinski definition) is 1. The van der Waals surface area contributed by atoms with Crippen LogP contribution in [0, 0.1) is 11.8 Å². The van der Waals surface area contributed by atoms with Crippen molar-refractivity contribution in [3.63, 3.8) is 0 Å². The Morgan fingerprint density at radius 3 is 2.50 bits per heavy atom. The number of fused-ring (bicyclic) bond motifs is 1. The SMILES string of the molecule is CCOC(=O)C1(CCSC)NC(c2ccc(Cl)cc2)C2C(=O)N(CC)C(=O)C21. The number of nitrogens with one attached hydrogen (secondary N) is 1. The van der Waals surface area contributed by atoms with Crippen molar-refractivity contribution in [1.82, 2.24) is 10.2 Å². The Hall–Kier alpha value is -1.57. The van der Waals surface area contributed by atoms with E-state index >= 15 is 0 Å². The summed E-state index contributed by atoms with van der Waals surface area (Å²) in [6, 6.07) is 6.71. The standard InChI is InChI=1S/C20H25ClN2O4S/c1-4-23-17(24)14-15(18(23)25)20(10-11-28-3,19(26)27-5-2)22-16(14)12-6-8-13(21)9-7-12/h6-9,14-16,22H,4-5,10-11H2,1-3H3. The molecule has 0 radical (unpaired) electrons. The molecule has 4 unspecified atom stereocenters. The molecule has 2 fully saturated rings. The third kappa shape index (κ3) is 3.33. The summed E-state index contributed by atoms with van der Waals surface area (Å²) in [6.45, 7) is 4.02. The summed E-state index contributed by atoms with van der Waals surface area (Å²) in [6.07, 6.45) is 2.36. The highest BCUT2D eigenvalue weighted by Gasteiger charge is 2.68. The van der Waals surface area contributed by atoms with Crippen LogP contribution < -0.4 is 5.32 Å². The maximum Gasteiger partial charge on any atom is 0.327 e. The number of esters is 1. The summed E-state index contributed by atoms with van der Waals surface area (Å²) >= 11 is 7.61. The lowest BCUT2D eigenvalue weighted by Crippen LogP contribution is -2.56. The average molecular weight is 425 g/mol. The minimum atomic E-state index is -1.22. The molecule has 2 heterocycles. The Kier molecular flexibility index (Phi) is 6.37. The molecule has 0 aliphatic carbocycles. The van der Waals surface area contributed by atoms with Gasteiger partial charge in [-0.15, -0.1) is 0 Å². The van der Waals surface area contributed by atoms with Gasteiger partial charge in [-0.05, 0) is 50.0 Å². The van der Waals surface area contributed by atoms with Crippen LogP contribution in [0.5, 0.6) is 0 Å². The number of halogens is 1. The number of carbonyl (C=O) groups is 3. The van der Waals surface area contributed by atoms with Crippen molar-refractivity contribution < 1.29 is 19.1 Å². The van der Waals surface area contributed by atoms with E-state index in [1.54, 1.807) is 37.7 Å². The number of thioether (sulfide) groups is 1. The Labute approximate surface area is 174 Å². The predicted molar refractivity (Wildman–Crippen MR) is 109 cm³/mol. The van der Waals surface area contributed by atoms with Gasteiger partial charge in [0.15, 0.2) is 0 Å². The molecule has 4 atom stereocenters. The van der Waals surface area contributed by atoms with Gasteiger partial charge in [-0.2, -0.15) is 11.8 Å². The molecule has 0 bridgehead atoms. The molecule has 0 saturated carbocycles. The molecule has 2 amide bonds. The van der Waals surface area contributed by atoms with E-state index in [2.05, 4.69) is 5.32 Å². The third-order valence-corrected chi connectivity index (χ3v) is 6.50. The average Bonchev–Trinajstić information content (AvgIpc) is 3.15. The number of amides is 2. The molecular weight excluding hydrogens is 400 g/mol. The first-order valence-electron chi connectivity index (χ1n) is 9.45. The number of carbonyl (C=O) groups excluding carboxylic acids is 3. The van der Waals surface area contributed by atoms with Crippen molar-refractivity contribution in [2.45, 2.75) is 31.8 Å². The summed E-state index contributed by atoms with van der Waals surface area (Å²) in [5.41, 5.74) is -0.390. The van der Waals surface area contributed by atoms with Crippen LogP contribution in [-0.4, -0.2) is 53.4 Å². The van der Waals surface area contributed by atoms with Gasteiger partial charge in [-0.25, -0.2) is 0 Å². The summed E-state index contributed by atoms with van der Waals surface area (Å²) in [4.78, 5) is 40.6. The molecule has 152 valence electrons. The van der Waals surface area contributed by atoms with E-state index in [0.717, 1.165) is 5.56 Å². The molecule has 6 nitrogen and oxygen atoms in total. The first-order chi connectivity index (χ1) is 13.4. The van der Waals surface area contributed by atoms with E-state index in [1.165, 1.54) is 4.90 Å². The predicted octanol–water partition coefficient (Wildman–Crippen LogP) is 2.66. The Morgan fingerprint density at radius 2 is 1.93 bits per heavy atom. The van der Waals surface area contributed by atoms with Crippen LogP contribution in [0.1, 0.15) is 31.9 Å². The van der Waals surface area contributed by atoms with Crippen molar-refractivity contribution in [1.29, 1.82) is 0 Å². The van der Waals surface area contributed by atoms with Gasteiger partial charge in [0.05, 0.1) is 18.4 Å². The molecule has 1 aromatic rings. The van der Waals surface area contributed by atoms with Crippen LogP contribution >= 0.6 is 23.4 Å².